The summed E-state index contributed by atoms with van der Waals surface area (Å²) in [5, 5.41) is 9.67. The lowest BCUT2D eigenvalue weighted by atomic mass is 10.0. The molecule has 1 N–H and O–H groups in total. The predicted molar refractivity (Wildman–Crippen MR) is 64.5 cm³/mol. The first kappa shape index (κ1) is 12.7. The Labute approximate surface area is 96.7 Å². The van der Waals surface area contributed by atoms with Gasteiger partial charge in [-0.25, -0.2) is 0 Å². The van der Waals surface area contributed by atoms with Gasteiger partial charge in [0, 0.05) is 18.5 Å². The highest BCUT2D eigenvalue weighted by Gasteiger charge is 2.04. The van der Waals surface area contributed by atoms with E-state index in [4.69, 9.17) is 0 Å². The quantitative estimate of drug-likeness (QED) is 0.826. The summed E-state index contributed by atoms with van der Waals surface area (Å²) in [6, 6.07) is 5.55. The highest BCUT2D eigenvalue weighted by atomic mass is 16.3. The molecule has 0 heterocycles. The Morgan fingerprint density at radius 2 is 2.06 bits per heavy atom. The molecule has 0 radical (unpaired) electrons. The second kappa shape index (κ2) is 5.66. The van der Waals surface area contributed by atoms with Gasteiger partial charge in [-0.15, -0.1) is 0 Å². The van der Waals surface area contributed by atoms with E-state index in [2.05, 4.69) is 0 Å². The molecule has 1 aromatic rings. The number of aryl methyl sites for hydroxylation is 1. The van der Waals surface area contributed by atoms with Crippen LogP contribution in [0.1, 0.15) is 24.5 Å². The fraction of sp³-hybridized carbons (Fsp3) is 0.462. The van der Waals surface area contributed by atoms with Crippen molar-refractivity contribution in [1.82, 2.24) is 4.90 Å². The lowest BCUT2D eigenvalue weighted by Gasteiger charge is -2.12. The number of benzene rings is 1. The summed E-state index contributed by atoms with van der Waals surface area (Å²) in [5.74, 6) is 0.516. The summed E-state index contributed by atoms with van der Waals surface area (Å²) in [4.78, 5) is 12.9. The molecule has 0 amide bonds. The van der Waals surface area contributed by atoms with Crippen LogP contribution in [0.15, 0.2) is 18.2 Å². The number of phenolic OH excluding ortho intramolecular Hbond substituents is 1. The number of carbonyl (C=O) groups is 1. The van der Waals surface area contributed by atoms with Crippen LogP contribution in [-0.2, 0) is 17.8 Å². The highest BCUT2D eigenvalue weighted by molar-refractivity contribution is 5.75. The Morgan fingerprint density at radius 1 is 1.38 bits per heavy atom. The van der Waals surface area contributed by atoms with Crippen molar-refractivity contribution >= 4 is 5.78 Å². The molecular weight excluding hydrogens is 202 g/mol. The first-order chi connectivity index (χ1) is 7.49. The van der Waals surface area contributed by atoms with Crippen LogP contribution in [0.25, 0.3) is 0 Å². The van der Waals surface area contributed by atoms with Crippen molar-refractivity contribution in [3.8, 4) is 5.75 Å². The minimum Gasteiger partial charge on any atom is -0.508 e. The molecular formula is C13H19NO2. The second-order valence-electron chi connectivity index (χ2n) is 4.40. The van der Waals surface area contributed by atoms with Crippen LogP contribution in [-0.4, -0.2) is 29.9 Å². The fourth-order valence-corrected chi connectivity index (χ4v) is 1.58. The molecule has 88 valence electrons. The molecule has 16 heavy (non-hydrogen) atoms. The van der Waals surface area contributed by atoms with E-state index in [0.29, 0.717) is 18.7 Å². The largest absolute Gasteiger partial charge is 0.508 e. The molecule has 1 aromatic carbocycles. The molecule has 3 heteroatoms. The van der Waals surface area contributed by atoms with E-state index in [-0.39, 0.29) is 5.78 Å². The Balaban J connectivity index is 2.76. The van der Waals surface area contributed by atoms with Crippen LogP contribution >= 0.6 is 0 Å². The number of hydrogen-bond acceptors (Lipinski definition) is 3. The Hall–Kier alpha value is -1.35. The zero-order valence-electron chi connectivity index (χ0n) is 10.2. The molecule has 0 saturated carbocycles. The average molecular weight is 221 g/mol. The van der Waals surface area contributed by atoms with Crippen molar-refractivity contribution in [3.63, 3.8) is 0 Å². The zero-order chi connectivity index (χ0) is 12.1. The topological polar surface area (TPSA) is 40.5 Å². The second-order valence-corrected chi connectivity index (χ2v) is 4.40. The summed E-state index contributed by atoms with van der Waals surface area (Å²) in [5.41, 5.74) is 2.01. The SMILES string of the molecule is CC(=O)CCc1ccc(O)c(CN(C)C)c1. The summed E-state index contributed by atoms with van der Waals surface area (Å²) < 4.78 is 0. The molecule has 3 nitrogen and oxygen atoms in total. The van der Waals surface area contributed by atoms with E-state index < -0.39 is 0 Å². The Morgan fingerprint density at radius 3 is 2.62 bits per heavy atom. The molecule has 0 fully saturated rings. The molecule has 0 aliphatic carbocycles. The van der Waals surface area contributed by atoms with Gasteiger partial charge < -0.3 is 14.8 Å². The third-order valence-electron chi connectivity index (χ3n) is 2.40. The Kier molecular flexibility index (Phi) is 4.50. The standard InChI is InChI=1S/C13H19NO2/c1-10(15)4-5-11-6-7-13(16)12(8-11)9-14(2)3/h6-8,16H,4-5,9H2,1-3H3. The molecule has 0 atom stereocenters. The van der Waals surface area contributed by atoms with Crippen molar-refractivity contribution in [2.75, 3.05) is 14.1 Å². The smallest absolute Gasteiger partial charge is 0.130 e. The van der Waals surface area contributed by atoms with Crippen LogP contribution < -0.4 is 0 Å². The van der Waals surface area contributed by atoms with Crippen LogP contribution in [0.5, 0.6) is 5.75 Å². The van der Waals surface area contributed by atoms with Crippen molar-refractivity contribution in [3.05, 3.63) is 29.3 Å². The Bertz CT molecular complexity index is 372. The van der Waals surface area contributed by atoms with E-state index in [9.17, 15) is 9.90 Å². The lowest BCUT2D eigenvalue weighted by molar-refractivity contribution is -0.116. The summed E-state index contributed by atoms with van der Waals surface area (Å²) in [7, 11) is 3.92. The van der Waals surface area contributed by atoms with Gasteiger partial charge in [-0.2, -0.15) is 0 Å². The van der Waals surface area contributed by atoms with Gasteiger partial charge >= 0.3 is 0 Å². The number of ketones is 1. The summed E-state index contributed by atoms with van der Waals surface area (Å²) in [6.07, 6.45) is 1.31. The number of aromatic hydroxyl groups is 1. The van der Waals surface area contributed by atoms with Crippen LogP contribution in [0.3, 0.4) is 0 Å². The predicted octanol–water partition coefficient (Wildman–Crippen LogP) is 1.98. The normalized spacial score (nSPS) is 10.8. The molecule has 0 saturated heterocycles. The van der Waals surface area contributed by atoms with Gasteiger partial charge in [-0.1, -0.05) is 12.1 Å². The van der Waals surface area contributed by atoms with E-state index in [1.54, 1.807) is 13.0 Å². The minimum atomic E-state index is 0.197. The minimum absolute atomic E-state index is 0.197. The summed E-state index contributed by atoms with van der Waals surface area (Å²) in [6.45, 7) is 2.31. The van der Waals surface area contributed by atoms with Crippen LogP contribution in [0, 0.1) is 0 Å². The third kappa shape index (κ3) is 4.03. The van der Waals surface area contributed by atoms with Crippen molar-refractivity contribution in [2.24, 2.45) is 0 Å². The van der Waals surface area contributed by atoms with Gasteiger partial charge in [0.25, 0.3) is 0 Å². The van der Waals surface area contributed by atoms with Gasteiger partial charge in [0.05, 0.1) is 0 Å². The zero-order valence-corrected chi connectivity index (χ0v) is 10.2. The van der Waals surface area contributed by atoms with E-state index in [1.807, 2.05) is 31.1 Å². The fourth-order valence-electron chi connectivity index (χ4n) is 1.58. The molecule has 0 aromatic heterocycles. The van der Waals surface area contributed by atoms with Gasteiger partial charge in [-0.3, -0.25) is 0 Å². The maximum absolute atomic E-state index is 10.9. The molecule has 1 rings (SSSR count). The number of phenols is 1. The molecule has 0 spiro atoms. The van der Waals surface area contributed by atoms with Gasteiger partial charge in [-0.05, 0) is 39.1 Å². The van der Waals surface area contributed by atoms with Crippen LogP contribution in [0.4, 0.5) is 0 Å². The van der Waals surface area contributed by atoms with Gasteiger partial charge in [0.2, 0.25) is 0 Å². The first-order valence-corrected chi connectivity index (χ1v) is 5.44. The molecule has 0 aliphatic heterocycles. The maximum Gasteiger partial charge on any atom is 0.130 e. The monoisotopic (exact) mass is 221 g/mol. The number of hydrogen-bond donors (Lipinski definition) is 1. The van der Waals surface area contributed by atoms with Crippen molar-refractivity contribution in [1.29, 1.82) is 0 Å². The average Bonchev–Trinajstić information content (AvgIpc) is 2.18. The first-order valence-electron chi connectivity index (χ1n) is 5.44. The maximum atomic E-state index is 10.9. The number of rotatable bonds is 5. The van der Waals surface area contributed by atoms with Gasteiger partial charge in [0.1, 0.15) is 11.5 Å². The molecule has 0 aliphatic rings. The van der Waals surface area contributed by atoms with E-state index >= 15 is 0 Å². The van der Waals surface area contributed by atoms with Gasteiger partial charge in [0.15, 0.2) is 0 Å². The molecule has 0 unspecified atom stereocenters. The summed E-state index contributed by atoms with van der Waals surface area (Å²) >= 11 is 0. The van der Waals surface area contributed by atoms with Crippen molar-refractivity contribution < 1.29 is 9.90 Å². The lowest BCUT2D eigenvalue weighted by Crippen LogP contribution is -2.11. The van der Waals surface area contributed by atoms with Crippen LogP contribution in [0.2, 0.25) is 0 Å². The molecule has 0 bridgehead atoms. The highest BCUT2D eigenvalue weighted by Crippen LogP contribution is 2.20. The third-order valence-corrected chi connectivity index (χ3v) is 2.40. The number of nitrogens with zero attached hydrogens (tertiary/aromatic N) is 1. The number of Topliss-reactive ketones (excluding diaryl/α,β-unsaturated/α-hetero) is 1. The van der Waals surface area contributed by atoms with E-state index in [0.717, 1.165) is 17.5 Å². The number of carbonyl (C=O) groups excluding carboxylic acids is 1. The van der Waals surface area contributed by atoms with E-state index in [1.165, 1.54) is 0 Å². The van der Waals surface area contributed by atoms with Crippen molar-refractivity contribution in [2.45, 2.75) is 26.3 Å².